The lowest BCUT2D eigenvalue weighted by molar-refractivity contribution is -0.126. The number of primary amides is 1. The molecule has 4 heteroatoms. The van der Waals surface area contributed by atoms with Crippen LogP contribution in [-0.2, 0) is 4.79 Å². The molecule has 4 nitrogen and oxygen atoms in total. The van der Waals surface area contributed by atoms with Crippen molar-refractivity contribution >= 4 is 11.6 Å². The molecule has 0 aliphatic carbocycles. The summed E-state index contributed by atoms with van der Waals surface area (Å²) >= 11 is 0. The second-order valence-corrected chi connectivity index (χ2v) is 3.29. The van der Waals surface area contributed by atoms with Crippen LogP contribution in [0.1, 0.15) is 11.7 Å². The van der Waals surface area contributed by atoms with Crippen molar-refractivity contribution in [1.82, 2.24) is 0 Å². The van der Waals surface area contributed by atoms with E-state index in [9.17, 15) is 9.90 Å². The van der Waals surface area contributed by atoms with Gasteiger partial charge in [0.15, 0.2) is 6.10 Å². The van der Waals surface area contributed by atoms with Gasteiger partial charge in [0.25, 0.3) is 5.91 Å². The fourth-order valence-electron chi connectivity index (χ4n) is 1.12. The molecule has 0 saturated carbocycles. The summed E-state index contributed by atoms with van der Waals surface area (Å²) in [5, 5.41) is 9.34. The second kappa shape index (κ2) is 4.11. The van der Waals surface area contributed by atoms with Gasteiger partial charge in [-0.15, -0.1) is 0 Å². The summed E-state index contributed by atoms with van der Waals surface area (Å²) in [4.78, 5) is 12.6. The number of nitrogens with zero attached hydrogens (tertiary/aromatic N) is 1. The first-order valence-corrected chi connectivity index (χ1v) is 4.27. The van der Waals surface area contributed by atoms with Gasteiger partial charge in [-0.25, -0.2) is 0 Å². The minimum absolute atomic E-state index is 0.517. The third-order valence-electron chi connectivity index (χ3n) is 1.99. The quantitative estimate of drug-likeness (QED) is 0.726. The standard InChI is InChI=1S/C10H14N2O2/c1-12(2)8-5-3-7(4-6-8)9(13)10(11)14/h3-6,9,13H,1-2H3,(H2,11,14)/t9-/m1/s1. The van der Waals surface area contributed by atoms with Crippen LogP contribution in [0.5, 0.6) is 0 Å². The van der Waals surface area contributed by atoms with Gasteiger partial charge in [0.2, 0.25) is 0 Å². The highest BCUT2D eigenvalue weighted by atomic mass is 16.3. The summed E-state index contributed by atoms with van der Waals surface area (Å²) in [6.07, 6.45) is -1.22. The molecule has 0 unspecified atom stereocenters. The molecular weight excluding hydrogens is 180 g/mol. The highest BCUT2D eigenvalue weighted by Gasteiger charge is 2.12. The van der Waals surface area contributed by atoms with E-state index in [0.717, 1.165) is 5.69 Å². The second-order valence-electron chi connectivity index (χ2n) is 3.29. The maximum atomic E-state index is 10.7. The number of rotatable bonds is 3. The Morgan fingerprint density at radius 3 is 2.21 bits per heavy atom. The minimum atomic E-state index is -1.22. The van der Waals surface area contributed by atoms with Crippen LogP contribution in [0.15, 0.2) is 24.3 Å². The first-order valence-electron chi connectivity index (χ1n) is 4.27. The lowest BCUT2D eigenvalue weighted by atomic mass is 10.1. The maximum Gasteiger partial charge on any atom is 0.250 e. The molecule has 0 saturated heterocycles. The first kappa shape index (κ1) is 10.5. The molecule has 1 aromatic rings. The summed E-state index contributed by atoms with van der Waals surface area (Å²) in [6.45, 7) is 0. The van der Waals surface area contributed by atoms with Gasteiger partial charge < -0.3 is 15.7 Å². The van der Waals surface area contributed by atoms with Gasteiger partial charge in [-0.05, 0) is 17.7 Å². The van der Waals surface area contributed by atoms with E-state index in [-0.39, 0.29) is 0 Å². The van der Waals surface area contributed by atoms with Crippen molar-refractivity contribution in [3.8, 4) is 0 Å². The number of carbonyl (C=O) groups excluding carboxylic acids is 1. The lowest BCUT2D eigenvalue weighted by Crippen LogP contribution is -2.20. The van der Waals surface area contributed by atoms with Gasteiger partial charge in [-0.3, -0.25) is 4.79 Å². The molecule has 76 valence electrons. The number of anilines is 1. The largest absolute Gasteiger partial charge is 0.378 e. The number of aliphatic hydroxyl groups excluding tert-OH is 1. The molecule has 0 radical (unpaired) electrons. The van der Waals surface area contributed by atoms with Crippen LogP contribution >= 0.6 is 0 Å². The van der Waals surface area contributed by atoms with E-state index >= 15 is 0 Å². The SMILES string of the molecule is CN(C)c1ccc([C@@H](O)C(N)=O)cc1. The molecule has 1 rings (SSSR count). The lowest BCUT2D eigenvalue weighted by Gasteiger charge is -2.13. The zero-order valence-electron chi connectivity index (χ0n) is 8.27. The van der Waals surface area contributed by atoms with Crippen molar-refractivity contribution in [3.63, 3.8) is 0 Å². The molecule has 0 fully saturated rings. The van der Waals surface area contributed by atoms with Gasteiger partial charge in [-0.2, -0.15) is 0 Å². The third kappa shape index (κ3) is 2.23. The van der Waals surface area contributed by atoms with Gasteiger partial charge in [0, 0.05) is 19.8 Å². The Labute approximate surface area is 82.9 Å². The zero-order chi connectivity index (χ0) is 10.7. The molecule has 0 aliphatic rings. The van der Waals surface area contributed by atoms with E-state index in [1.807, 2.05) is 31.1 Å². The number of benzene rings is 1. The molecule has 0 spiro atoms. The summed E-state index contributed by atoms with van der Waals surface area (Å²) in [5.74, 6) is -0.734. The van der Waals surface area contributed by atoms with Crippen molar-refractivity contribution in [3.05, 3.63) is 29.8 Å². The van der Waals surface area contributed by atoms with Crippen molar-refractivity contribution in [2.75, 3.05) is 19.0 Å². The highest BCUT2D eigenvalue weighted by molar-refractivity contribution is 5.80. The number of nitrogens with two attached hydrogens (primary N) is 1. The average molecular weight is 194 g/mol. The van der Waals surface area contributed by atoms with Crippen molar-refractivity contribution in [2.45, 2.75) is 6.10 Å². The summed E-state index contributed by atoms with van der Waals surface area (Å²) in [7, 11) is 3.83. The highest BCUT2D eigenvalue weighted by Crippen LogP contribution is 2.17. The van der Waals surface area contributed by atoms with E-state index in [4.69, 9.17) is 5.73 Å². The Bertz CT molecular complexity index is 319. The summed E-state index contributed by atoms with van der Waals surface area (Å²) < 4.78 is 0. The number of hydrogen-bond donors (Lipinski definition) is 2. The normalized spacial score (nSPS) is 12.2. The Morgan fingerprint density at radius 1 is 1.36 bits per heavy atom. The fourth-order valence-corrected chi connectivity index (χ4v) is 1.12. The van der Waals surface area contributed by atoms with Gasteiger partial charge in [0.05, 0.1) is 0 Å². The Balaban J connectivity index is 2.88. The van der Waals surface area contributed by atoms with Crippen LogP contribution < -0.4 is 10.6 Å². The van der Waals surface area contributed by atoms with Crippen molar-refractivity contribution in [2.24, 2.45) is 5.73 Å². The van der Waals surface area contributed by atoms with Gasteiger partial charge in [-0.1, -0.05) is 12.1 Å². The number of carbonyl (C=O) groups is 1. The third-order valence-corrected chi connectivity index (χ3v) is 1.99. The predicted molar refractivity (Wildman–Crippen MR) is 54.9 cm³/mol. The van der Waals surface area contributed by atoms with E-state index in [1.165, 1.54) is 0 Å². The van der Waals surface area contributed by atoms with E-state index in [2.05, 4.69) is 0 Å². The van der Waals surface area contributed by atoms with Crippen molar-refractivity contribution < 1.29 is 9.90 Å². The fraction of sp³-hybridized carbons (Fsp3) is 0.300. The predicted octanol–water partition coefficient (Wildman–Crippen LogP) is 0.271. The molecule has 0 aromatic heterocycles. The Hall–Kier alpha value is -1.55. The van der Waals surface area contributed by atoms with E-state index in [0.29, 0.717) is 5.56 Å². The Morgan fingerprint density at radius 2 is 1.86 bits per heavy atom. The molecule has 1 aromatic carbocycles. The van der Waals surface area contributed by atoms with Crippen LogP contribution in [-0.4, -0.2) is 25.1 Å². The molecule has 1 amide bonds. The minimum Gasteiger partial charge on any atom is -0.378 e. The molecule has 0 aliphatic heterocycles. The van der Waals surface area contributed by atoms with Gasteiger partial charge >= 0.3 is 0 Å². The van der Waals surface area contributed by atoms with Crippen LogP contribution in [0, 0.1) is 0 Å². The molecule has 1 atom stereocenters. The van der Waals surface area contributed by atoms with Crippen LogP contribution in [0.25, 0.3) is 0 Å². The van der Waals surface area contributed by atoms with Crippen LogP contribution in [0.3, 0.4) is 0 Å². The van der Waals surface area contributed by atoms with Crippen molar-refractivity contribution in [1.29, 1.82) is 0 Å². The van der Waals surface area contributed by atoms with E-state index < -0.39 is 12.0 Å². The number of hydrogen-bond acceptors (Lipinski definition) is 3. The molecule has 0 bridgehead atoms. The molecule has 3 N–H and O–H groups in total. The molecule has 0 heterocycles. The maximum absolute atomic E-state index is 10.7. The van der Waals surface area contributed by atoms with Crippen LogP contribution in [0.2, 0.25) is 0 Å². The average Bonchev–Trinajstić information content (AvgIpc) is 2.16. The Kier molecular flexibility index (Phi) is 3.09. The summed E-state index contributed by atoms with van der Waals surface area (Å²) in [6, 6.07) is 7.01. The first-order chi connectivity index (χ1) is 6.52. The monoisotopic (exact) mass is 194 g/mol. The molecule has 14 heavy (non-hydrogen) atoms. The van der Waals surface area contributed by atoms with E-state index in [1.54, 1.807) is 12.1 Å². The number of amides is 1. The zero-order valence-corrected chi connectivity index (χ0v) is 8.27. The number of aliphatic hydroxyl groups is 1. The van der Waals surface area contributed by atoms with Crippen LogP contribution in [0.4, 0.5) is 5.69 Å². The topological polar surface area (TPSA) is 66.6 Å². The smallest absolute Gasteiger partial charge is 0.250 e. The van der Waals surface area contributed by atoms with Gasteiger partial charge in [0.1, 0.15) is 0 Å². The summed E-state index contributed by atoms with van der Waals surface area (Å²) in [5.41, 5.74) is 6.49. The molecular formula is C10H14N2O2.